The average Bonchev–Trinajstić information content (AvgIpc) is 2.29. The van der Waals surface area contributed by atoms with Crippen LogP contribution in [0, 0.1) is 23.3 Å². The maximum absolute atomic E-state index is 13.5. The highest BCUT2D eigenvalue weighted by Crippen LogP contribution is 2.38. The molecule has 0 saturated heterocycles. The lowest BCUT2D eigenvalue weighted by Crippen LogP contribution is -2.17. The zero-order chi connectivity index (χ0) is 16.5. The summed E-state index contributed by atoms with van der Waals surface area (Å²) in [7, 11) is 0. The van der Waals surface area contributed by atoms with Gasteiger partial charge in [-0.05, 0) is 19.9 Å². The average molecular weight is 315 g/mol. The van der Waals surface area contributed by atoms with Gasteiger partial charge < -0.3 is 5.32 Å². The smallest absolute Gasteiger partial charge is 0.354 e. The van der Waals surface area contributed by atoms with Gasteiger partial charge in [-0.25, -0.2) is 17.6 Å². The second-order valence-electron chi connectivity index (χ2n) is 4.07. The second kappa shape index (κ2) is 5.74. The predicted molar refractivity (Wildman–Crippen MR) is 59.3 cm³/mol. The van der Waals surface area contributed by atoms with E-state index in [4.69, 9.17) is 0 Å². The highest BCUT2D eigenvalue weighted by Gasteiger charge is 2.42. The van der Waals surface area contributed by atoms with E-state index in [9.17, 15) is 35.5 Å². The summed E-state index contributed by atoms with van der Waals surface area (Å²) in [5, 5.41) is 1.81. The van der Waals surface area contributed by atoms with Crippen LogP contribution in [0.4, 0.5) is 36.4 Å². The molecule has 0 amide bonds. The molecular formula is C12H8F7NO. The van der Waals surface area contributed by atoms with Crippen molar-refractivity contribution >= 4 is 11.5 Å². The number of hydrogen-bond donors (Lipinski definition) is 1. The van der Waals surface area contributed by atoms with Crippen LogP contribution in [0.1, 0.15) is 19.4 Å². The lowest BCUT2D eigenvalue weighted by atomic mass is 10.1. The Hall–Kier alpha value is -2.06. The topological polar surface area (TPSA) is 29.1 Å². The largest absolute Gasteiger partial charge is 0.422 e. The molecule has 0 fully saturated rings. The van der Waals surface area contributed by atoms with Crippen molar-refractivity contribution in [2.75, 3.05) is 5.32 Å². The van der Waals surface area contributed by atoms with Crippen LogP contribution in [0.5, 0.6) is 0 Å². The second-order valence-corrected chi connectivity index (χ2v) is 4.07. The molecule has 0 saturated carbocycles. The molecule has 2 nitrogen and oxygen atoms in total. The zero-order valence-electron chi connectivity index (χ0n) is 10.6. The number of hydrogen-bond acceptors (Lipinski definition) is 2. The number of ketones is 1. The molecule has 0 heterocycles. The molecule has 21 heavy (non-hydrogen) atoms. The van der Waals surface area contributed by atoms with Crippen LogP contribution in [-0.4, -0.2) is 5.78 Å². The number of carbonyl (C=O) groups is 1. The van der Waals surface area contributed by atoms with E-state index in [0.29, 0.717) is 0 Å². The minimum atomic E-state index is -5.60. The van der Waals surface area contributed by atoms with Gasteiger partial charge in [0, 0.05) is 5.70 Å². The number of rotatable bonds is 3. The Morgan fingerprint density at radius 2 is 1.38 bits per heavy atom. The molecule has 0 atom stereocenters. The molecule has 0 bridgehead atoms. The summed E-state index contributed by atoms with van der Waals surface area (Å²) < 4.78 is 90.6. The Balaban J connectivity index is 3.49. The number of carbonyl (C=O) groups excluding carboxylic acids is 1. The molecule has 0 aliphatic carbocycles. The van der Waals surface area contributed by atoms with E-state index >= 15 is 0 Å². The maximum atomic E-state index is 13.5. The number of nitrogens with one attached hydrogen (secondary N) is 1. The Kier molecular flexibility index (Phi) is 4.65. The van der Waals surface area contributed by atoms with Crippen LogP contribution in [0.25, 0.3) is 0 Å². The molecular weight excluding hydrogens is 307 g/mol. The number of allylic oxidation sites excluding steroid dienone is 2. The van der Waals surface area contributed by atoms with E-state index in [1.807, 2.05) is 5.32 Å². The van der Waals surface area contributed by atoms with Crippen molar-refractivity contribution in [3.8, 4) is 0 Å². The van der Waals surface area contributed by atoms with Crippen molar-refractivity contribution in [1.82, 2.24) is 0 Å². The highest BCUT2D eigenvalue weighted by molar-refractivity contribution is 5.88. The first-order valence-corrected chi connectivity index (χ1v) is 5.35. The molecule has 1 aromatic carbocycles. The highest BCUT2D eigenvalue weighted by atomic mass is 19.4. The minimum absolute atomic E-state index is 0.209. The molecule has 1 rings (SSSR count). The Bertz CT molecular complexity index is 590. The third-order valence-corrected chi connectivity index (χ3v) is 2.29. The fraction of sp³-hybridized carbons (Fsp3) is 0.250. The van der Waals surface area contributed by atoms with E-state index in [0.717, 1.165) is 19.9 Å². The van der Waals surface area contributed by atoms with Gasteiger partial charge >= 0.3 is 6.18 Å². The van der Waals surface area contributed by atoms with Crippen LogP contribution < -0.4 is 5.32 Å². The van der Waals surface area contributed by atoms with Crippen molar-refractivity contribution in [2.24, 2.45) is 0 Å². The van der Waals surface area contributed by atoms with Gasteiger partial charge in [0.15, 0.2) is 29.1 Å². The molecule has 0 aliphatic rings. The van der Waals surface area contributed by atoms with Crippen LogP contribution >= 0.6 is 0 Å². The third-order valence-electron chi connectivity index (χ3n) is 2.29. The van der Waals surface area contributed by atoms with Gasteiger partial charge in [-0.1, -0.05) is 0 Å². The number of anilines is 1. The van der Waals surface area contributed by atoms with Gasteiger partial charge in [-0.15, -0.1) is 0 Å². The van der Waals surface area contributed by atoms with Crippen LogP contribution in [0.3, 0.4) is 0 Å². The SMILES string of the molecule is CC(=O)C=C(C)Nc1c(F)c(F)c(C(F)(F)F)c(F)c1F. The molecule has 116 valence electrons. The number of alkyl halides is 3. The van der Waals surface area contributed by atoms with E-state index in [1.54, 1.807) is 0 Å². The summed E-state index contributed by atoms with van der Waals surface area (Å²) in [6, 6.07) is 0. The zero-order valence-corrected chi connectivity index (χ0v) is 10.6. The standard InChI is InChI=1S/C12H8F7NO/c1-4(3-5(2)21)20-11-9(15)7(13)6(12(17,18)19)8(14)10(11)16/h3,20H,1-2H3. The molecule has 0 radical (unpaired) electrons. The van der Waals surface area contributed by atoms with E-state index in [2.05, 4.69) is 0 Å². The third kappa shape index (κ3) is 3.53. The van der Waals surface area contributed by atoms with Gasteiger partial charge in [0.2, 0.25) is 0 Å². The fourth-order valence-corrected chi connectivity index (χ4v) is 1.53. The summed E-state index contributed by atoms with van der Waals surface area (Å²) in [6.45, 7) is 2.22. The first-order valence-electron chi connectivity index (χ1n) is 5.35. The molecule has 0 unspecified atom stereocenters. The Labute approximate surface area is 114 Å². The summed E-state index contributed by atoms with van der Waals surface area (Å²) in [6.07, 6.45) is -4.76. The molecule has 1 N–H and O–H groups in total. The number of benzene rings is 1. The quantitative estimate of drug-likeness (QED) is 0.515. The first kappa shape index (κ1) is 17.0. The normalized spacial score (nSPS) is 12.5. The minimum Gasteiger partial charge on any atom is -0.354 e. The van der Waals surface area contributed by atoms with Gasteiger partial charge in [-0.2, -0.15) is 13.2 Å². The summed E-state index contributed by atoms with van der Waals surface area (Å²) in [4.78, 5) is 10.7. The van der Waals surface area contributed by atoms with Gasteiger partial charge in [0.25, 0.3) is 0 Å². The van der Waals surface area contributed by atoms with Crippen molar-refractivity contribution < 1.29 is 35.5 Å². The van der Waals surface area contributed by atoms with Gasteiger partial charge in [-0.3, -0.25) is 4.79 Å². The first-order chi connectivity index (χ1) is 9.46. The molecule has 0 aromatic heterocycles. The van der Waals surface area contributed by atoms with Gasteiger partial charge in [0.1, 0.15) is 11.3 Å². The molecule has 0 aliphatic heterocycles. The maximum Gasteiger partial charge on any atom is 0.422 e. The molecule has 1 aromatic rings. The van der Waals surface area contributed by atoms with Crippen LogP contribution in [0.15, 0.2) is 11.8 Å². The predicted octanol–water partition coefficient (Wildman–Crippen LogP) is 4.17. The van der Waals surface area contributed by atoms with Crippen LogP contribution in [-0.2, 0) is 11.0 Å². The Morgan fingerprint density at radius 1 is 0.952 bits per heavy atom. The van der Waals surface area contributed by atoms with Gasteiger partial charge in [0.05, 0.1) is 0 Å². The number of halogens is 7. The lowest BCUT2D eigenvalue weighted by Gasteiger charge is -2.15. The fourth-order valence-electron chi connectivity index (χ4n) is 1.53. The van der Waals surface area contributed by atoms with Crippen molar-refractivity contribution in [2.45, 2.75) is 20.0 Å². The van der Waals surface area contributed by atoms with Crippen LogP contribution in [0.2, 0.25) is 0 Å². The summed E-state index contributed by atoms with van der Waals surface area (Å²) in [5.41, 5.74) is -4.32. The van der Waals surface area contributed by atoms with E-state index < -0.39 is 46.5 Å². The van der Waals surface area contributed by atoms with Crippen molar-refractivity contribution in [3.63, 3.8) is 0 Å². The summed E-state index contributed by atoms with van der Waals surface area (Å²) >= 11 is 0. The summed E-state index contributed by atoms with van der Waals surface area (Å²) in [5.74, 6) is -10.2. The Morgan fingerprint density at radius 3 is 1.71 bits per heavy atom. The van der Waals surface area contributed by atoms with Crippen molar-refractivity contribution in [3.05, 3.63) is 40.6 Å². The monoisotopic (exact) mass is 315 g/mol. The molecule has 9 heteroatoms. The van der Waals surface area contributed by atoms with Crippen molar-refractivity contribution in [1.29, 1.82) is 0 Å². The lowest BCUT2D eigenvalue weighted by molar-refractivity contribution is -0.143. The van der Waals surface area contributed by atoms with E-state index in [1.165, 1.54) is 0 Å². The molecule has 0 spiro atoms. The van der Waals surface area contributed by atoms with E-state index in [-0.39, 0.29) is 5.70 Å².